The minimum absolute atomic E-state index is 0.741. The van der Waals surface area contributed by atoms with E-state index >= 15 is 0 Å². The molecule has 1 aromatic rings. The van der Waals surface area contributed by atoms with Gasteiger partial charge in [-0.3, -0.25) is 9.88 Å². The molecule has 3 heteroatoms. The van der Waals surface area contributed by atoms with Crippen molar-refractivity contribution in [1.82, 2.24) is 15.2 Å². The zero-order valence-electron chi connectivity index (χ0n) is 12.1. The molecule has 2 aliphatic rings. The number of piperidine rings is 1. The predicted molar refractivity (Wildman–Crippen MR) is 78.0 cm³/mol. The number of hydrogen-bond acceptors (Lipinski definition) is 3. The van der Waals surface area contributed by atoms with Crippen LogP contribution in [0.25, 0.3) is 0 Å². The number of nitrogens with zero attached hydrogens (tertiary/aromatic N) is 2. The molecule has 1 N–H and O–H groups in total. The van der Waals surface area contributed by atoms with Gasteiger partial charge in [0.15, 0.2) is 0 Å². The molecule has 19 heavy (non-hydrogen) atoms. The molecule has 2 fully saturated rings. The molecule has 0 radical (unpaired) electrons. The topological polar surface area (TPSA) is 28.2 Å². The van der Waals surface area contributed by atoms with E-state index in [0.717, 1.165) is 31.2 Å². The summed E-state index contributed by atoms with van der Waals surface area (Å²) in [4.78, 5) is 7.18. The fourth-order valence-corrected chi connectivity index (χ4v) is 3.70. The molecule has 3 heterocycles. The number of aromatic nitrogens is 1. The van der Waals surface area contributed by atoms with Crippen LogP contribution in [0.1, 0.15) is 43.9 Å². The Labute approximate surface area is 116 Å². The second kappa shape index (κ2) is 5.59. The average Bonchev–Trinajstić information content (AvgIpc) is 2.76. The third-order valence-corrected chi connectivity index (χ3v) is 4.84. The van der Waals surface area contributed by atoms with Crippen LogP contribution < -0.4 is 5.32 Å². The molecule has 0 amide bonds. The van der Waals surface area contributed by atoms with Crippen molar-refractivity contribution < 1.29 is 0 Å². The molecule has 1 aromatic heterocycles. The van der Waals surface area contributed by atoms with Gasteiger partial charge in [0.05, 0.1) is 5.69 Å². The van der Waals surface area contributed by atoms with Crippen LogP contribution in [0.2, 0.25) is 0 Å². The zero-order chi connectivity index (χ0) is 13.2. The molecule has 2 atom stereocenters. The van der Waals surface area contributed by atoms with Crippen LogP contribution >= 0.6 is 0 Å². The molecule has 3 nitrogen and oxygen atoms in total. The summed E-state index contributed by atoms with van der Waals surface area (Å²) in [5, 5.41) is 3.73. The summed E-state index contributed by atoms with van der Waals surface area (Å²) in [6.07, 6.45) is 7.30. The molecule has 0 aromatic carbocycles. The summed E-state index contributed by atoms with van der Waals surface area (Å²) in [5.41, 5.74) is 2.56. The Morgan fingerprint density at radius 1 is 1.32 bits per heavy atom. The van der Waals surface area contributed by atoms with Crippen molar-refractivity contribution in [2.75, 3.05) is 6.54 Å². The van der Waals surface area contributed by atoms with Gasteiger partial charge in [-0.05, 0) is 50.8 Å². The number of rotatable bonds is 4. The van der Waals surface area contributed by atoms with E-state index in [9.17, 15) is 0 Å². The van der Waals surface area contributed by atoms with E-state index in [1.54, 1.807) is 0 Å². The lowest BCUT2D eigenvalue weighted by Gasteiger charge is -2.37. The predicted octanol–water partition coefficient (Wildman–Crippen LogP) is 2.49. The molecular weight excluding hydrogens is 234 g/mol. The van der Waals surface area contributed by atoms with Crippen molar-refractivity contribution in [1.29, 1.82) is 0 Å². The highest BCUT2D eigenvalue weighted by molar-refractivity contribution is 5.17. The fraction of sp³-hybridized carbons (Fsp3) is 0.688. The van der Waals surface area contributed by atoms with Crippen molar-refractivity contribution >= 4 is 0 Å². The van der Waals surface area contributed by atoms with Crippen LogP contribution in [0.4, 0.5) is 0 Å². The fourth-order valence-electron chi connectivity index (χ4n) is 3.70. The monoisotopic (exact) mass is 259 g/mol. The Morgan fingerprint density at radius 2 is 2.05 bits per heavy atom. The lowest BCUT2D eigenvalue weighted by molar-refractivity contribution is 0.139. The smallest absolute Gasteiger partial charge is 0.0573 e. The number of nitrogens with one attached hydrogen (secondary N) is 1. The van der Waals surface area contributed by atoms with Gasteiger partial charge in [0.25, 0.3) is 0 Å². The molecule has 0 saturated carbocycles. The molecule has 2 aliphatic heterocycles. The summed E-state index contributed by atoms with van der Waals surface area (Å²) in [5.74, 6) is 0. The third-order valence-electron chi connectivity index (χ3n) is 4.84. The normalized spacial score (nSPS) is 29.9. The summed E-state index contributed by atoms with van der Waals surface area (Å²) < 4.78 is 0. The summed E-state index contributed by atoms with van der Waals surface area (Å²) >= 11 is 0. The Kier molecular flexibility index (Phi) is 3.85. The molecule has 0 spiro atoms. The Bertz CT molecular complexity index is 420. The van der Waals surface area contributed by atoms with E-state index in [1.807, 2.05) is 12.3 Å². The number of aryl methyl sites for hydroxylation is 1. The van der Waals surface area contributed by atoms with Crippen molar-refractivity contribution in [3.8, 4) is 0 Å². The summed E-state index contributed by atoms with van der Waals surface area (Å²) in [7, 11) is 0. The highest BCUT2D eigenvalue weighted by atomic mass is 15.2. The molecule has 2 unspecified atom stereocenters. The number of fused-ring (bicyclic) bond motifs is 2. The lowest BCUT2D eigenvalue weighted by Crippen LogP contribution is -2.48. The Hall–Kier alpha value is -0.930. The van der Waals surface area contributed by atoms with Crippen molar-refractivity contribution in [2.24, 2.45) is 0 Å². The molecule has 2 bridgehead atoms. The van der Waals surface area contributed by atoms with E-state index in [4.69, 9.17) is 0 Å². The van der Waals surface area contributed by atoms with Crippen LogP contribution in [-0.2, 0) is 6.54 Å². The first-order valence-corrected chi connectivity index (χ1v) is 7.67. The first-order chi connectivity index (χ1) is 9.26. The van der Waals surface area contributed by atoms with Crippen LogP contribution in [0.3, 0.4) is 0 Å². The first-order valence-electron chi connectivity index (χ1n) is 7.67. The Balaban J connectivity index is 1.69. The highest BCUT2D eigenvalue weighted by Crippen LogP contribution is 2.30. The minimum atomic E-state index is 0.741. The van der Waals surface area contributed by atoms with Gasteiger partial charge in [-0.2, -0.15) is 0 Å². The zero-order valence-corrected chi connectivity index (χ0v) is 12.1. The maximum Gasteiger partial charge on any atom is 0.0573 e. The van der Waals surface area contributed by atoms with Crippen molar-refractivity contribution in [2.45, 2.75) is 64.2 Å². The standard InChI is InChI=1S/C16H25N3/c1-3-19(11-16-12(2)5-4-8-17-16)15-9-13-6-7-14(10-15)18-13/h4-5,8,13-15,18H,3,6-7,9-11H2,1-2H3. The molecule has 104 valence electrons. The van der Waals surface area contributed by atoms with Crippen LogP contribution in [0, 0.1) is 6.92 Å². The van der Waals surface area contributed by atoms with Gasteiger partial charge in [0.1, 0.15) is 0 Å². The van der Waals surface area contributed by atoms with Crippen LogP contribution in [0.5, 0.6) is 0 Å². The highest BCUT2D eigenvalue weighted by Gasteiger charge is 2.35. The van der Waals surface area contributed by atoms with Crippen molar-refractivity contribution in [3.05, 3.63) is 29.6 Å². The maximum absolute atomic E-state index is 4.56. The maximum atomic E-state index is 4.56. The SMILES string of the molecule is CCN(Cc1ncccc1C)C1CC2CCC(C1)N2. The quantitative estimate of drug-likeness (QED) is 0.900. The van der Waals surface area contributed by atoms with Gasteiger partial charge >= 0.3 is 0 Å². The van der Waals surface area contributed by atoms with Gasteiger partial charge in [-0.1, -0.05) is 13.0 Å². The first kappa shape index (κ1) is 13.1. The second-order valence-electron chi connectivity index (χ2n) is 6.09. The van der Waals surface area contributed by atoms with Crippen LogP contribution in [-0.4, -0.2) is 34.6 Å². The third kappa shape index (κ3) is 2.82. The number of pyridine rings is 1. The summed E-state index contributed by atoms with van der Waals surface area (Å²) in [6, 6.07) is 6.47. The summed E-state index contributed by atoms with van der Waals surface area (Å²) in [6.45, 7) is 6.58. The average molecular weight is 259 g/mol. The second-order valence-corrected chi connectivity index (χ2v) is 6.09. The van der Waals surface area contributed by atoms with Gasteiger partial charge in [-0.15, -0.1) is 0 Å². The van der Waals surface area contributed by atoms with E-state index in [-0.39, 0.29) is 0 Å². The van der Waals surface area contributed by atoms with Gasteiger partial charge < -0.3 is 5.32 Å². The van der Waals surface area contributed by atoms with E-state index in [1.165, 1.54) is 36.9 Å². The van der Waals surface area contributed by atoms with Gasteiger partial charge in [0.2, 0.25) is 0 Å². The Morgan fingerprint density at radius 3 is 2.68 bits per heavy atom. The minimum Gasteiger partial charge on any atom is -0.311 e. The molecule has 2 saturated heterocycles. The van der Waals surface area contributed by atoms with Gasteiger partial charge in [0, 0.05) is 30.9 Å². The van der Waals surface area contributed by atoms with E-state index < -0.39 is 0 Å². The molecule has 0 aliphatic carbocycles. The number of hydrogen-bond donors (Lipinski definition) is 1. The van der Waals surface area contributed by atoms with Crippen LogP contribution in [0.15, 0.2) is 18.3 Å². The lowest BCUT2D eigenvalue weighted by atomic mass is 9.97. The van der Waals surface area contributed by atoms with Gasteiger partial charge in [-0.25, -0.2) is 0 Å². The largest absolute Gasteiger partial charge is 0.311 e. The molecule has 3 rings (SSSR count). The van der Waals surface area contributed by atoms with E-state index in [2.05, 4.69) is 35.1 Å². The van der Waals surface area contributed by atoms with E-state index in [0.29, 0.717) is 0 Å². The van der Waals surface area contributed by atoms with Crippen molar-refractivity contribution in [3.63, 3.8) is 0 Å². The molecular formula is C16H25N3.